The molecule has 0 aromatic heterocycles. The molecule has 1 aromatic carbocycles. The molecule has 0 heterocycles. The predicted molar refractivity (Wildman–Crippen MR) is 56.9 cm³/mol. The van der Waals surface area contributed by atoms with Gasteiger partial charge in [-0.25, -0.2) is 0 Å². The van der Waals surface area contributed by atoms with Crippen molar-refractivity contribution in [2.75, 3.05) is 7.11 Å². The van der Waals surface area contributed by atoms with Crippen molar-refractivity contribution in [3.63, 3.8) is 0 Å². The Labute approximate surface area is 84.4 Å². The number of allylic oxidation sites excluding steroid dienone is 2. The minimum atomic E-state index is 0.603. The summed E-state index contributed by atoms with van der Waals surface area (Å²) in [6, 6.07) is 6.43. The predicted octanol–water partition coefficient (Wildman–Crippen LogP) is 3.23. The van der Waals surface area contributed by atoms with Gasteiger partial charge < -0.3 is 4.74 Å². The molecule has 2 bridgehead atoms. The highest BCUT2D eigenvalue weighted by atomic mass is 16.5. The van der Waals surface area contributed by atoms with Crippen LogP contribution in [0.2, 0.25) is 0 Å². The van der Waals surface area contributed by atoms with Gasteiger partial charge >= 0.3 is 0 Å². The highest BCUT2D eigenvalue weighted by molar-refractivity contribution is 5.51. The first-order valence-electron chi connectivity index (χ1n) is 5.25. The van der Waals surface area contributed by atoms with E-state index in [-0.39, 0.29) is 0 Å². The van der Waals surface area contributed by atoms with Crippen molar-refractivity contribution in [2.24, 2.45) is 0 Å². The minimum Gasteiger partial charge on any atom is -0.496 e. The lowest BCUT2D eigenvalue weighted by Gasteiger charge is -2.34. The van der Waals surface area contributed by atoms with E-state index < -0.39 is 0 Å². The van der Waals surface area contributed by atoms with Crippen LogP contribution in [0.1, 0.15) is 35.8 Å². The summed E-state index contributed by atoms with van der Waals surface area (Å²) in [5.41, 5.74) is 2.93. The summed E-state index contributed by atoms with van der Waals surface area (Å²) in [5.74, 6) is 2.32. The zero-order valence-corrected chi connectivity index (χ0v) is 8.36. The summed E-state index contributed by atoms with van der Waals surface area (Å²) in [4.78, 5) is 0. The van der Waals surface area contributed by atoms with Crippen LogP contribution in [0.25, 0.3) is 0 Å². The van der Waals surface area contributed by atoms with Crippen LogP contribution >= 0.6 is 0 Å². The van der Waals surface area contributed by atoms with Gasteiger partial charge in [0, 0.05) is 17.4 Å². The van der Waals surface area contributed by atoms with E-state index in [1.807, 2.05) is 0 Å². The van der Waals surface area contributed by atoms with Gasteiger partial charge in [0.25, 0.3) is 0 Å². The van der Waals surface area contributed by atoms with Gasteiger partial charge in [-0.3, -0.25) is 0 Å². The summed E-state index contributed by atoms with van der Waals surface area (Å²) < 4.78 is 5.43. The molecule has 1 aromatic rings. The fourth-order valence-electron chi connectivity index (χ4n) is 2.78. The summed E-state index contributed by atoms with van der Waals surface area (Å²) in [5, 5.41) is 0. The third-order valence-corrected chi connectivity index (χ3v) is 3.45. The maximum Gasteiger partial charge on any atom is 0.122 e. The number of ether oxygens (including phenoxy) is 1. The molecule has 1 heteroatoms. The van der Waals surface area contributed by atoms with Gasteiger partial charge in [-0.05, 0) is 24.5 Å². The highest BCUT2D eigenvalue weighted by Crippen LogP contribution is 2.48. The fraction of sp³-hybridized carbons (Fsp3) is 0.385. The zero-order valence-electron chi connectivity index (χ0n) is 8.36. The molecule has 3 aliphatic carbocycles. The van der Waals surface area contributed by atoms with Crippen molar-refractivity contribution in [3.8, 4) is 5.75 Å². The van der Waals surface area contributed by atoms with Crippen molar-refractivity contribution in [1.29, 1.82) is 0 Å². The van der Waals surface area contributed by atoms with Crippen molar-refractivity contribution in [3.05, 3.63) is 41.5 Å². The molecular weight excluding hydrogens is 172 g/mol. The largest absolute Gasteiger partial charge is 0.496 e. The molecular formula is C13H14O. The highest BCUT2D eigenvalue weighted by Gasteiger charge is 2.30. The van der Waals surface area contributed by atoms with E-state index in [1.165, 1.54) is 24.0 Å². The maximum atomic E-state index is 5.43. The van der Waals surface area contributed by atoms with Crippen LogP contribution in [0.15, 0.2) is 30.4 Å². The Morgan fingerprint density at radius 2 is 1.93 bits per heavy atom. The standard InChI is InChI=1S/C13H14O/c1-14-12-4-2-3-11-9-5-7-10(8-6-9)13(11)12/h2-5,7,9-10H,6,8H2,1H3. The topological polar surface area (TPSA) is 9.23 Å². The summed E-state index contributed by atoms with van der Waals surface area (Å²) in [6.45, 7) is 0. The Morgan fingerprint density at radius 1 is 1.14 bits per heavy atom. The van der Waals surface area contributed by atoms with Gasteiger partial charge in [-0.15, -0.1) is 0 Å². The molecule has 14 heavy (non-hydrogen) atoms. The lowest BCUT2D eigenvalue weighted by molar-refractivity contribution is 0.399. The Hall–Kier alpha value is -1.24. The average molecular weight is 186 g/mol. The van der Waals surface area contributed by atoms with Crippen LogP contribution in [-0.2, 0) is 0 Å². The van der Waals surface area contributed by atoms with Crippen LogP contribution < -0.4 is 4.74 Å². The van der Waals surface area contributed by atoms with Gasteiger partial charge in [0.15, 0.2) is 0 Å². The molecule has 0 fully saturated rings. The number of hydrogen-bond acceptors (Lipinski definition) is 1. The third-order valence-electron chi connectivity index (χ3n) is 3.45. The van der Waals surface area contributed by atoms with Crippen molar-refractivity contribution >= 4 is 0 Å². The Bertz CT molecular complexity index is 392. The van der Waals surface area contributed by atoms with E-state index in [4.69, 9.17) is 4.74 Å². The average Bonchev–Trinajstić information content (AvgIpc) is 2.30. The lowest BCUT2D eigenvalue weighted by atomic mass is 9.71. The maximum absolute atomic E-state index is 5.43. The molecule has 4 rings (SSSR count). The SMILES string of the molecule is COc1cccc2c1C1C=CC2CC1. The zero-order chi connectivity index (χ0) is 9.54. The van der Waals surface area contributed by atoms with Crippen molar-refractivity contribution in [1.82, 2.24) is 0 Å². The second kappa shape index (κ2) is 2.88. The van der Waals surface area contributed by atoms with Gasteiger partial charge in [-0.1, -0.05) is 24.3 Å². The smallest absolute Gasteiger partial charge is 0.122 e. The normalized spacial score (nSPS) is 27.5. The Kier molecular flexibility index (Phi) is 1.66. The van der Waals surface area contributed by atoms with Crippen molar-refractivity contribution < 1.29 is 4.74 Å². The number of rotatable bonds is 1. The van der Waals surface area contributed by atoms with Gasteiger partial charge in [0.2, 0.25) is 0 Å². The molecule has 2 atom stereocenters. The number of benzene rings is 1. The van der Waals surface area contributed by atoms with E-state index in [1.54, 1.807) is 7.11 Å². The van der Waals surface area contributed by atoms with Gasteiger partial charge in [0.1, 0.15) is 5.75 Å². The van der Waals surface area contributed by atoms with E-state index >= 15 is 0 Å². The van der Waals surface area contributed by atoms with Crippen LogP contribution in [0.5, 0.6) is 5.75 Å². The molecule has 0 radical (unpaired) electrons. The van der Waals surface area contributed by atoms with Crippen molar-refractivity contribution in [2.45, 2.75) is 24.7 Å². The summed E-state index contributed by atoms with van der Waals surface area (Å²) >= 11 is 0. The molecule has 1 nitrogen and oxygen atoms in total. The fourth-order valence-corrected chi connectivity index (χ4v) is 2.78. The molecule has 0 saturated carbocycles. The number of methoxy groups -OCH3 is 1. The molecule has 0 saturated heterocycles. The summed E-state index contributed by atoms with van der Waals surface area (Å²) in [7, 11) is 1.77. The molecule has 3 aliphatic rings. The third kappa shape index (κ3) is 0.955. The molecule has 0 N–H and O–H groups in total. The van der Waals surface area contributed by atoms with E-state index in [0.717, 1.165) is 5.75 Å². The van der Waals surface area contributed by atoms with E-state index in [9.17, 15) is 0 Å². The monoisotopic (exact) mass is 186 g/mol. The number of fused-ring (bicyclic) bond motifs is 1. The summed E-state index contributed by atoms with van der Waals surface area (Å²) in [6.07, 6.45) is 7.30. The Morgan fingerprint density at radius 3 is 2.64 bits per heavy atom. The minimum absolute atomic E-state index is 0.603. The van der Waals surface area contributed by atoms with E-state index in [2.05, 4.69) is 30.4 Å². The van der Waals surface area contributed by atoms with Crippen LogP contribution in [-0.4, -0.2) is 7.11 Å². The molecule has 72 valence electrons. The second-order valence-electron chi connectivity index (χ2n) is 4.14. The van der Waals surface area contributed by atoms with E-state index in [0.29, 0.717) is 11.8 Å². The van der Waals surface area contributed by atoms with Gasteiger partial charge in [-0.2, -0.15) is 0 Å². The molecule has 0 amide bonds. The molecule has 0 aliphatic heterocycles. The first kappa shape index (κ1) is 8.10. The molecule has 2 unspecified atom stereocenters. The number of hydrogen-bond donors (Lipinski definition) is 0. The van der Waals surface area contributed by atoms with Crippen LogP contribution in [0.3, 0.4) is 0 Å². The Balaban J connectivity index is 2.22. The van der Waals surface area contributed by atoms with Crippen LogP contribution in [0, 0.1) is 0 Å². The van der Waals surface area contributed by atoms with Crippen LogP contribution in [0.4, 0.5) is 0 Å². The lowest BCUT2D eigenvalue weighted by Crippen LogP contribution is -2.17. The quantitative estimate of drug-likeness (QED) is 0.612. The molecule has 0 spiro atoms. The first-order chi connectivity index (χ1) is 6.90. The van der Waals surface area contributed by atoms with Gasteiger partial charge in [0.05, 0.1) is 7.11 Å². The second-order valence-corrected chi connectivity index (χ2v) is 4.14. The first-order valence-corrected chi connectivity index (χ1v) is 5.25.